The van der Waals surface area contributed by atoms with E-state index >= 15 is 0 Å². The molecule has 0 fully saturated rings. The summed E-state index contributed by atoms with van der Waals surface area (Å²) in [7, 11) is 0. The summed E-state index contributed by atoms with van der Waals surface area (Å²) in [6.45, 7) is 0. The number of halogens is 5. The van der Waals surface area contributed by atoms with Gasteiger partial charge in [0.25, 0.3) is 6.43 Å². The van der Waals surface area contributed by atoms with Gasteiger partial charge in [0, 0.05) is 5.56 Å². The molecular formula is C9H8F5N. The van der Waals surface area contributed by atoms with Crippen LogP contribution in [0.5, 0.6) is 0 Å². The molecule has 1 unspecified atom stereocenters. The van der Waals surface area contributed by atoms with Crippen molar-refractivity contribution in [3.8, 4) is 0 Å². The molecule has 2 N–H and O–H groups in total. The first-order chi connectivity index (χ1) is 6.84. The molecule has 0 saturated heterocycles. The van der Waals surface area contributed by atoms with Crippen LogP contribution in [0.1, 0.15) is 23.6 Å². The van der Waals surface area contributed by atoms with Gasteiger partial charge in [-0.25, -0.2) is 8.78 Å². The minimum absolute atomic E-state index is 0.583. The molecule has 0 spiro atoms. The van der Waals surface area contributed by atoms with Crippen LogP contribution >= 0.6 is 0 Å². The minimum atomic E-state index is -4.72. The Morgan fingerprint density at radius 2 is 1.47 bits per heavy atom. The maximum Gasteiger partial charge on any atom is 0.407 e. The summed E-state index contributed by atoms with van der Waals surface area (Å²) in [6, 6.07) is 2.01. The van der Waals surface area contributed by atoms with Crippen molar-refractivity contribution in [3.05, 3.63) is 35.4 Å². The third kappa shape index (κ3) is 2.65. The third-order valence-electron chi connectivity index (χ3n) is 1.92. The highest BCUT2D eigenvalue weighted by atomic mass is 19.4. The van der Waals surface area contributed by atoms with Crippen LogP contribution in [0.2, 0.25) is 0 Å². The van der Waals surface area contributed by atoms with E-state index in [-0.39, 0.29) is 0 Å². The lowest BCUT2D eigenvalue weighted by molar-refractivity contribution is -0.149. The molecule has 84 valence electrons. The van der Waals surface area contributed by atoms with Crippen LogP contribution < -0.4 is 5.73 Å². The highest BCUT2D eigenvalue weighted by Gasteiger charge is 2.39. The normalized spacial score (nSPS) is 14.3. The van der Waals surface area contributed by atoms with Gasteiger partial charge in [-0.05, 0) is 5.56 Å². The molecule has 1 atom stereocenters. The van der Waals surface area contributed by atoms with E-state index < -0.39 is 29.8 Å². The molecule has 1 aromatic rings. The van der Waals surface area contributed by atoms with E-state index in [1.807, 2.05) is 0 Å². The van der Waals surface area contributed by atoms with Crippen molar-refractivity contribution in [3.63, 3.8) is 0 Å². The minimum Gasteiger partial charge on any atom is -0.316 e. The first-order valence-electron chi connectivity index (χ1n) is 4.03. The predicted octanol–water partition coefficient (Wildman–Crippen LogP) is 3.19. The van der Waals surface area contributed by atoms with Crippen molar-refractivity contribution in [2.24, 2.45) is 5.73 Å². The van der Waals surface area contributed by atoms with E-state index in [2.05, 4.69) is 0 Å². The van der Waals surface area contributed by atoms with E-state index in [1.165, 1.54) is 12.1 Å². The summed E-state index contributed by atoms with van der Waals surface area (Å²) in [6.07, 6.45) is -7.68. The molecule has 0 aliphatic heterocycles. The molecular weight excluding hydrogens is 217 g/mol. The maximum absolute atomic E-state index is 12.4. The Balaban J connectivity index is 3.14. The molecule has 0 radical (unpaired) electrons. The molecule has 0 aliphatic carbocycles. The number of hydrogen-bond acceptors (Lipinski definition) is 1. The molecule has 1 rings (SSSR count). The maximum atomic E-state index is 12.4. The topological polar surface area (TPSA) is 26.0 Å². The number of hydrogen-bond donors (Lipinski definition) is 1. The Hall–Kier alpha value is -1.17. The van der Waals surface area contributed by atoms with Crippen molar-refractivity contribution in [2.75, 3.05) is 0 Å². The zero-order valence-corrected chi connectivity index (χ0v) is 7.43. The average Bonchev–Trinajstić information content (AvgIpc) is 2.15. The second kappa shape index (κ2) is 4.14. The Morgan fingerprint density at radius 1 is 1.00 bits per heavy atom. The van der Waals surface area contributed by atoms with E-state index in [0.29, 0.717) is 0 Å². The Kier molecular flexibility index (Phi) is 3.28. The van der Waals surface area contributed by atoms with Gasteiger partial charge in [0.2, 0.25) is 0 Å². The lowest BCUT2D eigenvalue weighted by atomic mass is 10.0. The van der Waals surface area contributed by atoms with Gasteiger partial charge in [0.05, 0.1) is 0 Å². The number of benzene rings is 1. The molecule has 0 heterocycles. The van der Waals surface area contributed by atoms with Crippen molar-refractivity contribution in [1.82, 2.24) is 0 Å². The van der Waals surface area contributed by atoms with Crippen LogP contribution in [0.4, 0.5) is 22.0 Å². The summed E-state index contributed by atoms with van der Waals surface area (Å²) >= 11 is 0. The van der Waals surface area contributed by atoms with Crippen LogP contribution in [0.3, 0.4) is 0 Å². The number of nitrogens with two attached hydrogens (primary N) is 1. The van der Waals surface area contributed by atoms with E-state index in [9.17, 15) is 22.0 Å². The van der Waals surface area contributed by atoms with Crippen molar-refractivity contribution < 1.29 is 22.0 Å². The van der Waals surface area contributed by atoms with Crippen LogP contribution in [0.25, 0.3) is 0 Å². The van der Waals surface area contributed by atoms with Gasteiger partial charge in [-0.1, -0.05) is 24.3 Å². The number of alkyl halides is 5. The van der Waals surface area contributed by atoms with Gasteiger partial charge in [-0.3, -0.25) is 0 Å². The fourth-order valence-corrected chi connectivity index (χ4v) is 1.17. The average molecular weight is 225 g/mol. The van der Waals surface area contributed by atoms with Crippen molar-refractivity contribution in [1.29, 1.82) is 0 Å². The van der Waals surface area contributed by atoms with Gasteiger partial charge in [0.15, 0.2) is 0 Å². The molecule has 15 heavy (non-hydrogen) atoms. The van der Waals surface area contributed by atoms with E-state index in [0.717, 1.165) is 12.1 Å². The molecule has 0 aliphatic rings. The van der Waals surface area contributed by atoms with Crippen molar-refractivity contribution >= 4 is 0 Å². The summed E-state index contributed by atoms with van der Waals surface area (Å²) in [4.78, 5) is 0. The van der Waals surface area contributed by atoms with Gasteiger partial charge >= 0.3 is 6.18 Å². The Bertz CT molecular complexity index is 334. The fraction of sp³-hybridized carbons (Fsp3) is 0.333. The lowest BCUT2D eigenvalue weighted by Gasteiger charge is -2.18. The second-order valence-electron chi connectivity index (χ2n) is 2.95. The molecule has 0 saturated carbocycles. The van der Waals surface area contributed by atoms with Crippen LogP contribution in [-0.2, 0) is 0 Å². The van der Waals surface area contributed by atoms with Gasteiger partial charge in [0.1, 0.15) is 6.04 Å². The molecule has 6 heteroatoms. The summed E-state index contributed by atoms with van der Waals surface area (Å²) in [5, 5.41) is 0. The molecule has 1 aromatic carbocycles. The number of rotatable bonds is 2. The summed E-state index contributed by atoms with van der Waals surface area (Å²) < 4.78 is 61.3. The summed E-state index contributed by atoms with van der Waals surface area (Å²) in [5.74, 6) is 0. The predicted molar refractivity (Wildman–Crippen MR) is 44.4 cm³/mol. The summed E-state index contributed by atoms with van der Waals surface area (Å²) in [5.41, 5.74) is 3.59. The standard InChI is InChI=1S/C9H8F5N/c10-8(11)6-4-2-1-3-5(6)7(15)9(12,13)14/h1-4,7-8H,15H2. The van der Waals surface area contributed by atoms with Crippen molar-refractivity contribution in [2.45, 2.75) is 18.6 Å². The first kappa shape index (κ1) is 11.9. The molecule has 0 aromatic heterocycles. The monoisotopic (exact) mass is 225 g/mol. The van der Waals surface area contributed by atoms with E-state index in [4.69, 9.17) is 5.73 Å². The molecule has 0 bridgehead atoms. The van der Waals surface area contributed by atoms with Crippen LogP contribution in [0, 0.1) is 0 Å². The zero-order valence-electron chi connectivity index (χ0n) is 7.43. The quantitative estimate of drug-likeness (QED) is 0.768. The van der Waals surface area contributed by atoms with Gasteiger partial charge in [-0.15, -0.1) is 0 Å². The first-order valence-corrected chi connectivity index (χ1v) is 4.03. The smallest absolute Gasteiger partial charge is 0.316 e. The Labute approximate surface area is 82.7 Å². The van der Waals surface area contributed by atoms with E-state index in [1.54, 1.807) is 0 Å². The van der Waals surface area contributed by atoms with Gasteiger partial charge in [-0.2, -0.15) is 13.2 Å². The zero-order chi connectivity index (χ0) is 11.6. The largest absolute Gasteiger partial charge is 0.407 e. The second-order valence-corrected chi connectivity index (χ2v) is 2.95. The Morgan fingerprint density at radius 3 is 1.87 bits per heavy atom. The van der Waals surface area contributed by atoms with Crippen LogP contribution in [-0.4, -0.2) is 6.18 Å². The highest BCUT2D eigenvalue weighted by Crippen LogP contribution is 2.35. The molecule has 1 nitrogen and oxygen atoms in total. The SMILES string of the molecule is NC(c1ccccc1C(F)F)C(F)(F)F. The fourth-order valence-electron chi connectivity index (χ4n) is 1.17. The lowest BCUT2D eigenvalue weighted by Crippen LogP contribution is -2.29. The molecule has 0 amide bonds. The van der Waals surface area contributed by atoms with Crippen LogP contribution in [0.15, 0.2) is 24.3 Å². The highest BCUT2D eigenvalue weighted by molar-refractivity contribution is 5.31. The van der Waals surface area contributed by atoms with Gasteiger partial charge < -0.3 is 5.73 Å². The third-order valence-corrected chi connectivity index (χ3v) is 1.92.